The van der Waals surface area contributed by atoms with E-state index in [1.54, 1.807) is 0 Å². The van der Waals surface area contributed by atoms with Crippen LogP contribution in [0.5, 0.6) is 0 Å². The first kappa shape index (κ1) is 4.39. The molecule has 0 saturated carbocycles. The molecule has 1 fully saturated rings. The van der Waals surface area contributed by atoms with Gasteiger partial charge in [0.1, 0.15) is 0 Å². The molecule has 0 aromatic heterocycles. The molecule has 0 atom stereocenters. The Kier molecular flexibility index (Phi) is 0.867. The maximum atomic E-state index is 9.77. The lowest BCUT2D eigenvalue weighted by atomic mass is 10.6. The molecule has 2 N–H and O–H groups in total. The maximum absolute atomic E-state index is 9.77. The van der Waals surface area contributed by atoms with Crippen molar-refractivity contribution in [2.75, 3.05) is 6.54 Å². The van der Waals surface area contributed by atoms with Gasteiger partial charge in [0.2, 0.25) is 0 Å². The molecule has 1 heterocycles. The van der Waals surface area contributed by atoms with Crippen molar-refractivity contribution in [3.05, 3.63) is 0 Å². The van der Waals surface area contributed by atoms with Crippen LogP contribution in [-0.4, -0.2) is 19.0 Å². The van der Waals surface area contributed by atoms with Gasteiger partial charge in [0.15, 0.2) is 0 Å². The number of rotatable bonds is 1. The van der Waals surface area contributed by atoms with E-state index in [2.05, 4.69) is 9.47 Å². The molecular weight excluding hydrogens is 98.0 g/mol. The van der Waals surface area contributed by atoms with E-state index in [1.807, 2.05) is 0 Å². The highest BCUT2D eigenvalue weighted by atomic mass is 16.9. The summed E-state index contributed by atoms with van der Waals surface area (Å²) in [4.78, 5) is 9.77. The van der Waals surface area contributed by atoms with E-state index in [0.29, 0.717) is 0 Å². The molecule has 40 valence electrons. The minimum Gasteiger partial charge on any atom is -0.392 e. The Bertz CT molecular complexity index is 84.2. The van der Waals surface area contributed by atoms with Gasteiger partial charge in [-0.05, 0) is 0 Å². The van der Waals surface area contributed by atoms with Gasteiger partial charge in [-0.3, -0.25) is 0 Å². The lowest BCUT2D eigenvalue weighted by Gasteiger charge is -2.23. The molecule has 1 aliphatic heterocycles. The monoisotopic (exact) mass is 103 g/mol. The van der Waals surface area contributed by atoms with Gasteiger partial charge in [0.25, 0.3) is 6.29 Å². The van der Waals surface area contributed by atoms with Crippen molar-refractivity contribution < 1.29 is 14.3 Å². The summed E-state index contributed by atoms with van der Waals surface area (Å²) >= 11 is 0. The molecule has 0 spiro atoms. The topological polar surface area (TPSA) is 61.5 Å². The van der Waals surface area contributed by atoms with Gasteiger partial charge in [-0.1, -0.05) is 0 Å². The number of carbonyl (C=O) groups excluding carboxylic acids is 1. The van der Waals surface area contributed by atoms with E-state index < -0.39 is 12.4 Å². The summed E-state index contributed by atoms with van der Waals surface area (Å²) in [6, 6.07) is 0. The first-order valence-electron chi connectivity index (χ1n) is 1.90. The predicted molar refractivity (Wildman–Crippen MR) is 20.4 cm³/mol. The smallest absolute Gasteiger partial charge is 0.392 e. The van der Waals surface area contributed by atoms with E-state index in [-0.39, 0.29) is 6.54 Å². The predicted octanol–water partition coefficient (Wildman–Crippen LogP) is -0.562. The lowest BCUT2D eigenvalue weighted by Crippen LogP contribution is -2.40. The van der Waals surface area contributed by atoms with Crippen molar-refractivity contribution in [1.82, 2.24) is 0 Å². The van der Waals surface area contributed by atoms with Crippen LogP contribution in [0.4, 0.5) is 4.79 Å². The summed E-state index contributed by atoms with van der Waals surface area (Å²) in [7, 11) is 0. The van der Waals surface area contributed by atoms with Crippen molar-refractivity contribution >= 4 is 6.16 Å². The fourth-order valence-corrected chi connectivity index (χ4v) is 0.320. The van der Waals surface area contributed by atoms with Gasteiger partial charge in [0, 0.05) is 0 Å². The maximum Gasteiger partial charge on any atom is 0.514 e. The van der Waals surface area contributed by atoms with Gasteiger partial charge in [-0.15, -0.1) is 0 Å². The Labute approximate surface area is 40.2 Å². The van der Waals surface area contributed by atoms with Crippen LogP contribution in [0.15, 0.2) is 0 Å². The summed E-state index contributed by atoms with van der Waals surface area (Å²) in [6.07, 6.45) is -1.11. The van der Waals surface area contributed by atoms with Crippen LogP contribution in [0, 0.1) is 0 Å². The third-order valence-corrected chi connectivity index (χ3v) is 0.648. The van der Waals surface area contributed by atoms with Crippen LogP contribution in [0.3, 0.4) is 0 Å². The van der Waals surface area contributed by atoms with Crippen LogP contribution < -0.4 is 5.73 Å². The molecule has 0 aromatic carbocycles. The van der Waals surface area contributed by atoms with Gasteiger partial charge in [0.05, 0.1) is 6.54 Å². The molecule has 4 nitrogen and oxygen atoms in total. The highest BCUT2D eigenvalue weighted by Gasteiger charge is 2.27. The highest BCUT2D eigenvalue weighted by Crippen LogP contribution is 2.06. The Hall–Kier alpha value is -0.770. The second-order valence-corrected chi connectivity index (χ2v) is 1.15. The van der Waals surface area contributed by atoms with E-state index in [9.17, 15) is 4.79 Å². The zero-order chi connectivity index (χ0) is 5.28. The van der Waals surface area contributed by atoms with E-state index in [4.69, 9.17) is 5.73 Å². The van der Waals surface area contributed by atoms with E-state index >= 15 is 0 Å². The summed E-state index contributed by atoms with van der Waals surface area (Å²) < 4.78 is 8.60. The molecule has 1 saturated heterocycles. The molecule has 0 radical (unpaired) electrons. The summed E-state index contributed by atoms with van der Waals surface area (Å²) in [5, 5.41) is 0. The molecule has 0 amide bonds. The summed E-state index contributed by atoms with van der Waals surface area (Å²) in [5.74, 6) is 0. The molecule has 0 aromatic rings. The Morgan fingerprint density at radius 1 is 1.71 bits per heavy atom. The minimum atomic E-state index is -0.629. The molecule has 4 heteroatoms. The zero-order valence-electron chi connectivity index (χ0n) is 3.59. The van der Waals surface area contributed by atoms with Crippen molar-refractivity contribution in [3.63, 3.8) is 0 Å². The Morgan fingerprint density at radius 3 is 2.43 bits per heavy atom. The SMILES string of the molecule is NCC1OC(=O)O1. The van der Waals surface area contributed by atoms with E-state index in [0.717, 1.165) is 0 Å². The van der Waals surface area contributed by atoms with Crippen molar-refractivity contribution in [2.45, 2.75) is 6.29 Å². The van der Waals surface area contributed by atoms with Crippen LogP contribution in [0.2, 0.25) is 0 Å². The molecule has 7 heavy (non-hydrogen) atoms. The summed E-state index contributed by atoms with van der Waals surface area (Å²) in [5.41, 5.74) is 4.99. The fourth-order valence-electron chi connectivity index (χ4n) is 0.320. The standard InChI is InChI=1S/C3H5NO3/c4-1-2-6-3(5)7-2/h2H,1,4H2. The normalized spacial score (nSPS) is 19.9. The number of carbonyl (C=O) groups is 1. The fraction of sp³-hybridized carbons (Fsp3) is 0.667. The highest BCUT2D eigenvalue weighted by molar-refractivity contribution is 5.64. The van der Waals surface area contributed by atoms with Crippen molar-refractivity contribution in [3.8, 4) is 0 Å². The average molecular weight is 103 g/mol. The molecular formula is C3H5NO3. The minimum absolute atomic E-state index is 0.242. The number of nitrogens with two attached hydrogens (primary N) is 1. The van der Waals surface area contributed by atoms with Crippen LogP contribution in [0.25, 0.3) is 0 Å². The third-order valence-electron chi connectivity index (χ3n) is 0.648. The summed E-state index contributed by atoms with van der Waals surface area (Å²) in [6.45, 7) is 0.242. The third kappa shape index (κ3) is 0.640. The van der Waals surface area contributed by atoms with Crippen LogP contribution in [-0.2, 0) is 9.47 Å². The lowest BCUT2D eigenvalue weighted by molar-refractivity contribution is -0.175. The quantitative estimate of drug-likeness (QED) is 0.452. The number of hydrogen-bond donors (Lipinski definition) is 1. The van der Waals surface area contributed by atoms with Gasteiger partial charge in [-0.2, -0.15) is 0 Å². The van der Waals surface area contributed by atoms with E-state index in [1.165, 1.54) is 0 Å². The molecule has 1 rings (SSSR count). The van der Waals surface area contributed by atoms with Crippen LogP contribution >= 0.6 is 0 Å². The number of cyclic esters (lactones) is 2. The Balaban J connectivity index is 2.17. The molecule has 0 bridgehead atoms. The van der Waals surface area contributed by atoms with Gasteiger partial charge < -0.3 is 15.2 Å². The Morgan fingerprint density at radius 2 is 2.29 bits per heavy atom. The first-order valence-corrected chi connectivity index (χ1v) is 1.90. The van der Waals surface area contributed by atoms with Gasteiger partial charge in [-0.25, -0.2) is 4.79 Å². The average Bonchev–Trinajstić information content (AvgIpc) is 1.58. The molecule has 0 aliphatic carbocycles. The zero-order valence-corrected chi connectivity index (χ0v) is 3.59. The molecule has 1 aliphatic rings. The van der Waals surface area contributed by atoms with Gasteiger partial charge >= 0.3 is 6.16 Å². The number of hydrogen-bond acceptors (Lipinski definition) is 4. The molecule has 0 unspecified atom stereocenters. The van der Waals surface area contributed by atoms with Crippen LogP contribution in [0.1, 0.15) is 0 Å². The van der Waals surface area contributed by atoms with Crippen molar-refractivity contribution in [2.24, 2.45) is 5.73 Å². The number of ether oxygens (including phenoxy) is 2. The second-order valence-electron chi connectivity index (χ2n) is 1.15. The van der Waals surface area contributed by atoms with Crippen molar-refractivity contribution in [1.29, 1.82) is 0 Å². The largest absolute Gasteiger partial charge is 0.514 e. The second kappa shape index (κ2) is 1.38. The first-order chi connectivity index (χ1) is 3.33.